The average Bonchev–Trinajstić information content (AvgIpc) is 2.77. The number of hydrogen-bond donors (Lipinski definition) is 1. The maximum Gasteiger partial charge on any atom is 1.00 e. The van der Waals surface area contributed by atoms with Gasteiger partial charge in [0.15, 0.2) is 0 Å². The minimum atomic E-state index is -1.11. The summed E-state index contributed by atoms with van der Waals surface area (Å²) in [4.78, 5) is 12.8. The maximum atomic E-state index is 10.7. The quantitative estimate of drug-likeness (QED) is 0.568. The van der Waals surface area contributed by atoms with Gasteiger partial charge in [0.25, 0.3) is 0 Å². The van der Waals surface area contributed by atoms with Crippen LogP contribution in [0.1, 0.15) is 12.0 Å². The molecule has 0 aliphatic carbocycles. The number of carbonyl (C=O) groups is 1. The number of aliphatic carboxylic acids is 1. The second-order valence-corrected chi connectivity index (χ2v) is 6.79. The molecule has 0 aromatic heterocycles. The van der Waals surface area contributed by atoms with Crippen molar-refractivity contribution in [1.29, 1.82) is 0 Å². The molecule has 0 radical (unpaired) electrons. The van der Waals surface area contributed by atoms with E-state index in [-0.39, 0.29) is 63.7 Å². The number of fused-ring (bicyclic) bond motifs is 1. The maximum absolute atomic E-state index is 10.7. The van der Waals surface area contributed by atoms with Crippen molar-refractivity contribution in [1.82, 2.24) is 4.90 Å². The Morgan fingerprint density at radius 3 is 2.96 bits per heavy atom. The van der Waals surface area contributed by atoms with Crippen LogP contribution in [0.15, 0.2) is 28.2 Å². The van der Waals surface area contributed by atoms with E-state index in [4.69, 9.17) is 4.74 Å². The van der Waals surface area contributed by atoms with Crippen LogP contribution < -0.4 is 61.2 Å². The molecule has 0 amide bonds. The van der Waals surface area contributed by atoms with E-state index < -0.39 is 12.1 Å². The monoisotopic (exact) mass is 405 g/mol. The third kappa shape index (κ3) is 5.12. The van der Waals surface area contributed by atoms with Crippen LogP contribution in [-0.4, -0.2) is 48.3 Å². The third-order valence-corrected chi connectivity index (χ3v) is 4.58. The SMILES string of the molecule is O=C([O-])C[C@@H]1CN(CC2=Cc3cc(Br)ccc3OC2)C[C@H]1O.[K+]. The number of aliphatic hydroxyl groups excluding tert-OH is 1. The summed E-state index contributed by atoms with van der Waals surface area (Å²) in [5.41, 5.74) is 2.15. The van der Waals surface area contributed by atoms with Crippen LogP contribution in [0.4, 0.5) is 0 Å². The number of nitrogens with zero attached hydrogens (tertiary/aromatic N) is 1. The van der Waals surface area contributed by atoms with Gasteiger partial charge in [-0.15, -0.1) is 0 Å². The molecule has 118 valence electrons. The van der Waals surface area contributed by atoms with E-state index in [1.807, 2.05) is 18.2 Å². The molecule has 1 N–H and O–H groups in total. The number of carboxylic acid groups (broad SMARTS) is 1. The summed E-state index contributed by atoms with van der Waals surface area (Å²) in [5, 5.41) is 20.6. The van der Waals surface area contributed by atoms with Crippen LogP contribution in [0, 0.1) is 5.92 Å². The third-order valence-electron chi connectivity index (χ3n) is 4.08. The van der Waals surface area contributed by atoms with Gasteiger partial charge in [-0.05, 0) is 36.3 Å². The van der Waals surface area contributed by atoms with Crippen molar-refractivity contribution in [3.8, 4) is 5.75 Å². The van der Waals surface area contributed by atoms with Gasteiger partial charge >= 0.3 is 51.4 Å². The van der Waals surface area contributed by atoms with E-state index in [0.29, 0.717) is 26.2 Å². The van der Waals surface area contributed by atoms with Gasteiger partial charge in [-0.25, -0.2) is 0 Å². The first-order valence-electron chi connectivity index (χ1n) is 7.23. The Kier molecular flexibility index (Phi) is 7.30. The summed E-state index contributed by atoms with van der Waals surface area (Å²) in [6, 6.07) is 5.88. The van der Waals surface area contributed by atoms with Gasteiger partial charge in [-0.1, -0.05) is 15.9 Å². The molecule has 1 saturated heterocycles. The second kappa shape index (κ2) is 8.58. The smallest absolute Gasteiger partial charge is 0.550 e. The van der Waals surface area contributed by atoms with Crippen molar-refractivity contribution in [2.45, 2.75) is 12.5 Å². The van der Waals surface area contributed by atoms with Gasteiger partial charge in [-0.3, -0.25) is 4.90 Å². The first kappa shape index (κ1) is 19.6. The summed E-state index contributed by atoms with van der Waals surface area (Å²) in [7, 11) is 0. The molecule has 0 saturated carbocycles. The molecule has 3 rings (SSSR count). The fraction of sp³-hybridized carbons (Fsp3) is 0.438. The molecule has 0 spiro atoms. The molecule has 2 aliphatic heterocycles. The molecule has 2 heterocycles. The Labute approximate surface area is 186 Å². The number of rotatable bonds is 4. The molecule has 7 heteroatoms. The second-order valence-electron chi connectivity index (χ2n) is 5.87. The Balaban J connectivity index is 0.00000192. The van der Waals surface area contributed by atoms with Crippen LogP contribution in [0.3, 0.4) is 0 Å². The number of benzene rings is 1. The molecule has 23 heavy (non-hydrogen) atoms. The van der Waals surface area contributed by atoms with Crippen molar-refractivity contribution in [3.05, 3.63) is 33.8 Å². The number of halogens is 1. The van der Waals surface area contributed by atoms with Crippen molar-refractivity contribution in [2.75, 3.05) is 26.2 Å². The molecule has 0 unspecified atom stereocenters. The minimum absolute atomic E-state index is 0. The fourth-order valence-corrected chi connectivity index (χ4v) is 3.44. The molecule has 1 aromatic carbocycles. The summed E-state index contributed by atoms with van der Waals surface area (Å²) in [6.45, 7) is 2.25. The molecule has 2 aliphatic rings. The van der Waals surface area contributed by atoms with Crippen LogP contribution in [0.2, 0.25) is 0 Å². The number of hydrogen-bond acceptors (Lipinski definition) is 5. The van der Waals surface area contributed by atoms with Crippen molar-refractivity contribution < 1.29 is 71.1 Å². The topological polar surface area (TPSA) is 72.8 Å². The number of aliphatic hydroxyl groups is 1. The average molecular weight is 406 g/mol. The van der Waals surface area contributed by atoms with Crippen molar-refractivity contribution in [3.63, 3.8) is 0 Å². The number of β-amino-alcohol motifs (C(OH)–C–C–N with tert-alkyl or cyclic N) is 1. The van der Waals surface area contributed by atoms with E-state index in [0.717, 1.165) is 21.4 Å². The van der Waals surface area contributed by atoms with E-state index in [1.54, 1.807) is 0 Å². The summed E-state index contributed by atoms with van der Waals surface area (Å²) >= 11 is 3.45. The molecule has 5 nitrogen and oxygen atoms in total. The molecular formula is C16H17BrKNO4. The molecule has 2 atom stereocenters. The molecule has 1 fully saturated rings. The first-order chi connectivity index (χ1) is 10.5. The Bertz CT molecular complexity index is 622. The van der Waals surface area contributed by atoms with Gasteiger partial charge in [0, 0.05) is 41.6 Å². The number of carbonyl (C=O) groups excluding carboxylic acids is 1. The number of likely N-dealkylation sites (tertiary alicyclic amines) is 1. The van der Waals surface area contributed by atoms with Gasteiger partial charge in [0.1, 0.15) is 12.4 Å². The Hall–Kier alpha value is 0.266. The largest absolute Gasteiger partial charge is 1.00 e. The van der Waals surface area contributed by atoms with E-state index in [1.165, 1.54) is 0 Å². The van der Waals surface area contributed by atoms with Crippen LogP contribution in [0.5, 0.6) is 5.75 Å². The molecular weight excluding hydrogens is 389 g/mol. The standard InChI is InChI=1S/C16H18BrNO4.K/c17-13-1-2-15-11(4-13)3-10(9-22-15)6-18-7-12(5-16(20)21)14(19)8-18;/h1-4,12,14,19H,5-9H2,(H,20,21);/q;+1/p-1/t12-,14-;/m1./s1. The normalized spacial score (nSPS) is 23.5. The summed E-state index contributed by atoms with van der Waals surface area (Å²) < 4.78 is 6.74. The zero-order valence-electron chi connectivity index (χ0n) is 13.0. The summed E-state index contributed by atoms with van der Waals surface area (Å²) in [5.74, 6) is -0.496. The number of ether oxygens (including phenoxy) is 1. The Morgan fingerprint density at radius 1 is 1.43 bits per heavy atom. The minimum Gasteiger partial charge on any atom is -0.550 e. The van der Waals surface area contributed by atoms with Gasteiger partial charge < -0.3 is 19.7 Å². The first-order valence-corrected chi connectivity index (χ1v) is 8.02. The van der Waals surface area contributed by atoms with Crippen LogP contribution in [-0.2, 0) is 4.79 Å². The van der Waals surface area contributed by atoms with E-state index in [9.17, 15) is 15.0 Å². The molecule has 1 aromatic rings. The predicted molar refractivity (Wildman–Crippen MR) is 83.2 cm³/mol. The van der Waals surface area contributed by atoms with Crippen molar-refractivity contribution >= 4 is 28.0 Å². The fourth-order valence-electron chi connectivity index (χ4n) is 3.06. The molecule has 0 bridgehead atoms. The zero-order valence-corrected chi connectivity index (χ0v) is 17.7. The summed E-state index contributed by atoms with van der Waals surface area (Å²) in [6.07, 6.45) is 1.40. The van der Waals surface area contributed by atoms with E-state index >= 15 is 0 Å². The van der Waals surface area contributed by atoms with Gasteiger partial charge in [-0.2, -0.15) is 0 Å². The van der Waals surface area contributed by atoms with Crippen LogP contribution in [0.25, 0.3) is 6.08 Å². The van der Waals surface area contributed by atoms with Crippen LogP contribution >= 0.6 is 15.9 Å². The predicted octanol–water partition coefficient (Wildman–Crippen LogP) is -2.34. The Morgan fingerprint density at radius 2 is 2.22 bits per heavy atom. The number of carboxylic acids is 1. The van der Waals surface area contributed by atoms with Gasteiger partial charge in [0.05, 0.1) is 6.10 Å². The zero-order chi connectivity index (χ0) is 15.7. The van der Waals surface area contributed by atoms with Crippen molar-refractivity contribution in [2.24, 2.45) is 5.92 Å². The van der Waals surface area contributed by atoms with Gasteiger partial charge in [0.2, 0.25) is 0 Å². The van der Waals surface area contributed by atoms with E-state index in [2.05, 4.69) is 26.9 Å².